The van der Waals surface area contributed by atoms with Crippen LogP contribution in [-0.2, 0) is 0 Å². The molecule has 0 heterocycles. The van der Waals surface area contributed by atoms with Gasteiger partial charge in [0.1, 0.15) is 12.4 Å². The van der Waals surface area contributed by atoms with Gasteiger partial charge in [0.15, 0.2) is 0 Å². The Bertz CT molecular complexity index is 523. The molecule has 0 atom stereocenters. The lowest BCUT2D eigenvalue weighted by atomic mass is 10.1. The van der Waals surface area contributed by atoms with Crippen LogP contribution in [-0.4, -0.2) is 32.1 Å². The van der Waals surface area contributed by atoms with Gasteiger partial charge in [-0.3, -0.25) is 0 Å². The van der Waals surface area contributed by atoms with E-state index in [1.807, 2.05) is 56.6 Å². The third kappa shape index (κ3) is 4.27. The Labute approximate surface area is 119 Å². The summed E-state index contributed by atoms with van der Waals surface area (Å²) in [6.45, 7) is 1.58. The van der Waals surface area contributed by atoms with Crippen molar-refractivity contribution >= 4 is 11.6 Å². The second kappa shape index (κ2) is 6.60. The zero-order valence-electron chi connectivity index (χ0n) is 11.2. The lowest BCUT2D eigenvalue weighted by Gasteiger charge is -2.11. The molecule has 0 bridgehead atoms. The van der Waals surface area contributed by atoms with Gasteiger partial charge >= 0.3 is 0 Å². The molecule has 3 heteroatoms. The van der Waals surface area contributed by atoms with Crippen LogP contribution in [0.25, 0.3) is 11.1 Å². The van der Waals surface area contributed by atoms with E-state index in [2.05, 4.69) is 11.0 Å². The lowest BCUT2D eigenvalue weighted by Crippen LogP contribution is -2.19. The summed E-state index contributed by atoms with van der Waals surface area (Å²) in [5.74, 6) is 0.866. The Hall–Kier alpha value is -1.51. The topological polar surface area (TPSA) is 12.5 Å². The van der Waals surface area contributed by atoms with Crippen LogP contribution in [0.1, 0.15) is 0 Å². The Morgan fingerprint density at radius 1 is 1.16 bits per heavy atom. The van der Waals surface area contributed by atoms with Crippen LogP contribution in [0.15, 0.2) is 42.5 Å². The van der Waals surface area contributed by atoms with E-state index in [-0.39, 0.29) is 0 Å². The molecule has 0 N–H and O–H groups in total. The maximum Gasteiger partial charge on any atom is 0.120 e. The summed E-state index contributed by atoms with van der Waals surface area (Å²) in [5.41, 5.74) is 2.10. The fourth-order valence-corrected chi connectivity index (χ4v) is 1.80. The van der Waals surface area contributed by atoms with Gasteiger partial charge in [0.2, 0.25) is 0 Å². The van der Waals surface area contributed by atoms with Gasteiger partial charge in [-0.25, -0.2) is 0 Å². The minimum absolute atomic E-state index is 0.678. The second-order valence-electron chi connectivity index (χ2n) is 4.60. The molecule has 0 saturated heterocycles. The second-order valence-corrected chi connectivity index (χ2v) is 5.03. The van der Waals surface area contributed by atoms with E-state index in [1.54, 1.807) is 0 Å². The Kier molecular flexibility index (Phi) is 4.83. The van der Waals surface area contributed by atoms with Crippen LogP contribution in [0.2, 0.25) is 5.02 Å². The number of benzene rings is 2. The third-order valence-corrected chi connectivity index (χ3v) is 2.99. The van der Waals surface area contributed by atoms with Crippen LogP contribution >= 0.6 is 11.6 Å². The van der Waals surface area contributed by atoms with Crippen molar-refractivity contribution in [2.24, 2.45) is 0 Å². The van der Waals surface area contributed by atoms with Crippen molar-refractivity contribution in [3.63, 3.8) is 0 Å². The molecule has 2 rings (SSSR count). The number of hydrogen-bond donors (Lipinski definition) is 0. The Balaban J connectivity index is 2.08. The average Bonchev–Trinajstić information content (AvgIpc) is 2.39. The summed E-state index contributed by atoms with van der Waals surface area (Å²) in [5, 5.41) is 0.738. The van der Waals surface area contributed by atoms with E-state index in [0.29, 0.717) is 6.61 Å². The van der Waals surface area contributed by atoms with Gasteiger partial charge in [-0.15, -0.1) is 0 Å². The van der Waals surface area contributed by atoms with Gasteiger partial charge in [-0.1, -0.05) is 29.8 Å². The van der Waals surface area contributed by atoms with Gasteiger partial charge in [0.05, 0.1) is 0 Å². The molecule has 0 aliphatic rings. The van der Waals surface area contributed by atoms with Crippen molar-refractivity contribution in [3.05, 3.63) is 53.6 Å². The molecule has 0 fully saturated rings. The molecule has 99 valence electrons. The fourth-order valence-electron chi connectivity index (χ4n) is 1.68. The molecular weight excluding hydrogens is 258 g/mol. The average molecular weight is 275 g/mol. The van der Waals surface area contributed by atoms with E-state index in [4.69, 9.17) is 16.3 Å². The smallest absolute Gasteiger partial charge is 0.120 e. The molecule has 2 aromatic carbocycles. The summed E-state index contributed by atoms with van der Waals surface area (Å²) in [6.07, 6.45) is 0. The van der Waals surface area contributed by atoms with Crippen LogP contribution in [0.4, 0.5) is 0 Å². The van der Waals surface area contributed by atoms with E-state index in [9.17, 15) is 0 Å². The van der Waals surface area contributed by atoms with E-state index in [1.165, 1.54) is 0 Å². The lowest BCUT2D eigenvalue weighted by molar-refractivity contribution is 0.261. The molecule has 2 aromatic rings. The standard InChI is InChI=1S/C16H17ClNO/c1-18(2)10-11-19-16-5-3-4-14(12-16)13-6-8-15(17)9-7-13/h3,5-9,12H,10-11H2,1-2H3. The fraction of sp³-hybridized carbons (Fsp3) is 0.250. The van der Waals surface area contributed by atoms with Crippen molar-refractivity contribution in [1.29, 1.82) is 0 Å². The summed E-state index contributed by atoms with van der Waals surface area (Å²) in [6, 6.07) is 16.7. The highest BCUT2D eigenvalue weighted by Crippen LogP contribution is 2.24. The minimum atomic E-state index is 0.678. The van der Waals surface area contributed by atoms with Crippen LogP contribution in [0.3, 0.4) is 0 Å². The number of likely N-dealkylation sites (N-methyl/N-ethyl adjacent to an activating group) is 1. The number of nitrogens with zero attached hydrogens (tertiary/aromatic N) is 1. The first kappa shape index (κ1) is 13.9. The molecule has 0 unspecified atom stereocenters. The van der Waals surface area contributed by atoms with E-state index >= 15 is 0 Å². The normalized spacial score (nSPS) is 10.7. The minimum Gasteiger partial charge on any atom is -0.492 e. The van der Waals surface area contributed by atoms with Gasteiger partial charge in [0, 0.05) is 11.6 Å². The molecule has 0 spiro atoms. The zero-order chi connectivity index (χ0) is 13.7. The molecule has 2 nitrogen and oxygen atoms in total. The van der Waals surface area contributed by atoms with Crippen molar-refractivity contribution in [1.82, 2.24) is 4.90 Å². The molecule has 0 aliphatic heterocycles. The molecular formula is C16H17ClNO. The molecule has 1 radical (unpaired) electrons. The van der Waals surface area contributed by atoms with Crippen molar-refractivity contribution < 1.29 is 4.74 Å². The highest BCUT2D eigenvalue weighted by molar-refractivity contribution is 6.30. The number of ether oxygens (including phenoxy) is 1. The summed E-state index contributed by atoms with van der Waals surface area (Å²) >= 11 is 5.89. The molecule has 0 saturated carbocycles. The highest BCUT2D eigenvalue weighted by atomic mass is 35.5. The van der Waals surface area contributed by atoms with Crippen molar-refractivity contribution in [3.8, 4) is 16.9 Å². The SMILES string of the molecule is CN(C)CCOc1cc[c]c(-c2ccc(Cl)cc2)c1. The van der Waals surface area contributed by atoms with Crippen molar-refractivity contribution in [2.45, 2.75) is 0 Å². The van der Waals surface area contributed by atoms with Crippen LogP contribution in [0.5, 0.6) is 5.75 Å². The predicted octanol–water partition coefficient (Wildman–Crippen LogP) is 3.75. The first-order valence-corrected chi connectivity index (χ1v) is 6.58. The van der Waals surface area contributed by atoms with Crippen LogP contribution in [0, 0.1) is 6.07 Å². The molecule has 0 aliphatic carbocycles. The van der Waals surface area contributed by atoms with E-state index in [0.717, 1.165) is 28.4 Å². The van der Waals surface area contributed by atoms with Gasteiger partial charge in [0.25, 0.3) is 0 Å². The molecule has 0 aromatic heterocycles. The van der Waals surface area contributed by atoms with E-state index < -0.39 is 0 Å². The predicted molar refractivity (Wildman–Crippen MR) is 79.8 cm³/mol. The van der Waals surface area contributed by atoms with Gasteiger partial charge in [-0.2, -0.15) is 0 Å². The first-order chi connectivity index (χ1) is 9.15. The molecule has 0 amide bonds. The largest absolute Gasteiger partial charge is 0.492 e. The monoisotopic (exact) mass is 274 g/mol. The number of halogens is 1. The van der Waals surface area contributed by atoms with Gasteiger partial charge < -0.3 is 9.64 Å². The number of hydrogen-bond acceptors (Lipinski definition) is 2. The maximum atomic E-state index is 5.89. The third-order valence-electron chi connectivity index (χ3n) is 2.74. The van der Waals surface area contributed by atoms with Crippen molar-refractivity contribution in [2.75, 3.05) is 27.2 Å². The quantitative estimate of drug-likeness (QED) is 0.823. The van der Waals surface area contributed by atoms with Gasteiger partial charge in [-0.05, 0) is 55.6 Å². The summed E-state index contributed by atoms with van der Waals surface area (Å²) < 4.78 is 5.71. The summed E-state index contributed by atoms with van der Waals surface area (Å²) in [4.78, 5) is 2.09. The number of rotatable bonds is 5. The Morgan fingerprint density at radius 2 is 1.89 bits per heavy atom. The maximum absolute atomic E-state index is 5.89. The summed E-state index contributed by atoms with van der Waals surface area (Å²) in [7, 11) is 4.06. The highest BCUT2D eigenvalue weighted by Gasteiger charge is 2.01. The molecule has 19 heavy (non-hydrogen) atoms. The van der Waals surface area contributed by atoms with Crippen LogP contribution < -0.4 is 4.74 Å². The first-order valence-electron chi connectivity index (χ1n) is 6.20. The Morgan fingerprint density at radius 3 is 2.58 bits per heavy atom. The zero-order valence-corrected chi connectivity index (χ0v) is 11.9.